The third-order valence-electron chi connectivity index (χ3n) is 3.65. The molecule has 0 saturated heterocycles. The Morgan fingerprint density at radius 2 is 1.65 bits per heavy atom. The number of hydrogen-bond acceptors (Lipinski definition) is 1. The van der Waals surface area contributed by atoms with Crippen molar-refractivity contribution in [1.82, 2.24) is 0 Å². The Balaban J connectivity index is 2.06. The van der Waals surface area contributed by atoms with Gasteiger partial charge in [0.15, 0.2) is 0 Å². The van der Waals surface area contributed by atoms with Gasteiger partial charge in [-0.15, -0.1) is 0 Å². The second kappa shape index (κ2) is 7.74. The predicted octanol–water partition coefficient (Wildman–Crippen LogP) is 5.27. The highest BCUT2D eigenvalue weighted by atomic mass is 14.9. The van der Waals surface area contributed by atoms with Crippen molar-refractivity contribution in [2.24, 2.45) is 0 Å². The second-order valence-corrected chi connectivity index (χ2v) is 5.51. The number of benzene rings is 2. The number of hydrogen-bond donors (Lipinski definition) is 1. The third-order valence-corrected chi connectivity index (χ3v) is 3.65. The lowest BCUT2D eigenvalue weighted by molar-refractivity contribution is 0.644. The van der Waals surface area contributed by atoms with Crippen molar-refractivity contribution in [3.8, 4) is 0 Å². The van der Waals surface area contributed by atoms with Crippen molar-refractivity contribution < 1.29 is 0 Å². The summed E-state index contributed by atoms with van der Waals surface area (Å²) in [6.45, 7) is 4.52. The van der Waals surface area contributed by atoms with Crippen LogP contribution in [0, 0.1) is 0 Å². The normalized spacial score (nSPS) is 12.1. The Labute approximate surface area is 123 Å². The fourth-order valence-corrected chi connectivity index (χ4v) is 2.48. The van der Waals surface area contributed by atoms with Crippen molar-refractivity contribution in [3.05, 3.63) is 65.7 Å². The summed E-state index contributed by atoms with van der Waals surface area (Å²) in [4.78, 5) is 0. The predicted molar refractivity (Wildman–Crippen MR) is 88.3 cm³/mol. The fraction of sp³-hybridized carbons (Fsp3) is 0.368. The lowest BCUT2D eigenvalue weighted by atomic mass is 10.0. The molecule has 2 aromatic rings. The van der Waals surface area contributed by atoms with Crippen LogP contribution in [0.1, 0.15) is 44.2 Å². The van der Waals surface area contributed by atoms with E-state index in [1.54, 1.807) is 0 Å². The second-order valence-electron chi connectivity index (χ2n) is 5.51. The molecule has 1 heteroatoms. The maximum atomic E-state index is 3.67. The van der Waals surface area contributed by atoms with Crippen LogP contribution in [0.25, 0.3) is 0 Å². The van der Waals surface area contributed by atoms with Gasteiger partial charge in [0.1, 0.15) is 0 Å². The van der Waals surface area contributed by atoms with E-state index in [4.69, 9.17) is 0 Å². The van der Waals surface area contributed by atoms with Crippen LogP contribution in [0.3, 0.4) is 0 Å². The van der Waals surface area contributed by atoms with Gasteiger partial charge in [0.2, 0.25) is 0 Å². The number of nitrogens with one attached hydrogen (secondary N) is 1. The van der Waals surface area contributed by atoms with E-state index in [0.717, 1.165) is 6.42 Å². The molecule has 0 heterocycles. The molecule has 0 fully saturated rings. The SMILES string of the molecule is CCCCC(C)Nc1ccccc1Cc1ccccc1. The number of anilines is 1. The van der Waals surface area contributed by atoms with Crippen molar-refractivity contribution >= 4 is 5.69 Å². The molecule has 1 unspecified atom stereocenters. The molecule has 0 radical (unpaired) electrons. The summed E-state index contributed by atoms with van der Waals surface area (Å²) >= 11 is 0. The molecule has 0 bridgehead atoms. The van der Waals surface area contributed by atoms with Gasteiger partial charge >= 0.3 is 0 Å². The average Bonchev–Trinajstić information content (AvgIpc) is 2.48. The summed E-state index contributed by atoms with van der Waals surface area (Å²) < 4.78 is 0. The van der Waals surface area contributed by atoms with Crippen molar-refractivity contribution in [1.29, 1.82) is 0 Å². The molecule has 0 aliphatic heterocycles. The van der Waals surface area contributed by atoms with E-state index in [9.17, 15) is 0 Å². The molecule has 1 atom stereocenters. The quantitative estimate of drug-likeness (QED) is 0.720. The van der Waals surface area contributed by atoms with E-state index >= 15 is 0 Å². The molecule has 1 N–H and O–H groups in total. The molecule has 2 aromatic carbocycles. The molecule has 0 amide bonds. The highest BCUT2D eigenvalue weighted by Gasteiger charge is 2.06. The molecule has 0 aromatic heterocycles. The molecule has 20 heavy (non-hydrogen) atoms. The number of unbranched alkanes of at least 4 members (excludes halogenated alkanes) is 1. The standard InChI is InChI=1S/C19H25N/c1-3-4-10-16(2)20-19-14-9-8-13-18(19)15-17-11-6-5-7-12-17/h5-9,11-14,16,20H,3-4,10,15H2,1-2H3. The molecule has 0 aliphatic rings. The first-order valence-electron chi connectivity index (χ1n) is 7.68. The van der Waals surface area contributed by atoms with E-state index in [1.165, 1.54) is 36.1 Å². The topological polar surface area (TPSA) is 12.0 Å². The average molecular weight is 267 g/mol. The molecular formula is C19H25N. The van der Waals surface area contributed by atoms with Gasteiger partial charge in [-0.1, -0.05) is 68.3 Å². The van der Waals surface area contributed by atoms with Crippen LogP contribution in [-0.2, 0) is 6.42 Å². The summed E-state index contributed by atoms with van der Waals surface area (Å²) in [5, 5.41) is 3.67. The minimum Gasteiger partial charge on any atom is -0.382 e. The summed E-state index contributed by atoms with van der Waals surface area (Å²) in [6.07, 6.45) is 4.77. The Morgan fingerprint density at radius 1 is 0.950 bits per heavy atom. The Morgan fingerprint density at radius 3 is 2.40 bits per heavy atom. The largest absolute Gasteiger partial charge is 0.382 e. The monoisotopic (exact) mass is 267 g/mol. The van der Waals surface area contributed by atoms with E-state index < -0.39 is 0 Å². The first-order valence-corrected chi connectivity index (χ1v) is 7.68. The van der Waals surface area contributed by atoms with Crippen LogP contribution in [0.4, 0.5) is 5.69 Å². The van der Waals surface area contributed by atoms with E-state index in [0.29, 0.717) is 6.04 Å². The molecule has 0 saturated carbocycles. The molecule has 0 spiro atoms. The Hall–Kier alpha value is -1.76. The zero-order chi connectivity index (χ0) is 14.2. The first-order chi connectivity index (χ1) is 9.79. The van der Waals surface area contributed by atoms with Crippen LogP contribution >= 0.6 is 0 Å². The van der Waals surface area contributed by atoms with Crippen molar-refractivity contribution in [2.75, 3.05) is 5.32 Å². The molecule has 2 rings (SSSR count). The summed E-state index contributed by atoms with van der Waals surface area (Å²) in [5.74, 6) is 0. The zero-order valence-corrected chi connectivity index (χ0v) is 12.6. The zero-order valence-electron chi connectivity index (χ0n) is 12.6. The highest BCUT2D eigenvalue weighted by Crippen LogP contribution is 2.20. The first kappa shape index (κ1) is 14.6. The van der Waals surface area contributed by atoms with E-state index in [2.05, 4.69) is 73.8 Å². The van der Waals surface area contributed by atoms with Gasteiger partial charge in [-0.05, 0) is 37.0 Å². The summed E-state index contributed by atoms with van der Waals surface area (Å²) in [6, 6.07) is 19.9. The lowest BCUT2D eigenvalue weighted by Crippen LogP contribution is -2.16. The van der Waals surface area contributed by atoms with E-state index in [-0.39, 0.29) is 0 Å². The van der Waals surface area contributed by atoms with Gasteiger partial charge in [0.25, 0.3) is 0 Å². The maximum Gasteiger partial charge on any atom is 0.0378 e. The molecule has 106 valence electrons. The fourth-order valence-electron chi connectivity index (χ4n) is 2.48. The van der Waals surface area contributed by atoms with Crippen LogP contribution in [0.15, 0.2) is 54.6 Å². The van der Waals surface area contributed by atoms with Crippen LogP contribution < -0.4 is 5.32 Å². The van der Waals surface area contributed by atoms with Gasteiger partial charge < -0.3 is 5.32 Å². The lowest BCUT2D eigenvalue weighted by Gasteiger charge is -2.18. The van der Waals surface area contributed by atoms with Gasteiger partial charge in [-0.3, -0.25) is 0 Å². The van der Waals surface area contributed by atoms with Crippen LogP contribution in [0.5, 0.6) is 0 Å². The third kappa shape index (κ3) is 4.41. The van der Waals surface area contributed by atoms with Crippen molar-refractivity contribution in [3.63, 3.8) is 0 Å². The smallest absolute Gasteiger partial charge is 0.0378 e. The molecular weight excluding hydrogens is 242 g/mol. The Bertz CT molecular complexity index is 504. The number of para-hydroxylation sites is 1. The van der Waals surface area contributed by atoms with Gasteiger partial charge in [0.05, 0.1) is 0 Å². The summed E-state index contributed by atoms with van der Waals surface area (Å²) in [7, 11) is 0. The minimum absolute atomic E-state index is 0.534. The highest BCUT2D eigenvalue weighted by molar-refractivity contribution is 5.53. The molecule has 0 aliphatic carbocycles. The van der Waals surface area contributed by atoms with Gasteiger partial charge in [-0.2, -0.15) is 0 Å². The number of rotatable bonds is 7. The maximum absolute atomic E-state index is 3.67. The molecule has 1 nitrogen and oxygen atoms in total. The van der Waals surface area contributed by atoms with Crippen molar-refractivity contribution in [2.45, 2.75) is 45.6 Å². The van der Waals surface area contributed by atoms with Gasteiger partial charge in [-0.25, -0.2) is 0 Å². The Kier molecular flexibility index (Phi) is 5.67. The van der Waals surface area contributed by atoms with Gasteiger partial charge in [0, 0.05) is 11.7 Å². The van der Waals surface area contributed by atoms with E-state index in [1.807, 2.05) is 0 Å². The minimum atomic E-state index is 0.534. The van der Waals surface area contributed by atoms with Crippen LogP contribution in [0.2, 0.25) is 0 Å². The van der Waals surface area contributed by atoms with Crippen LogP contribution in [-0.4, -0.2) is 6.04 Å². The summed E-state index contributed by atoms with van der Waals surface area (Å²) in [5.41, 5.74) is 4.02.